The van der Waals surface area contributed by atoms with E-state index in [1.165, 1.54) is 10.1 Å². The molecule has 0 unspecified atom stereocenters. The molecule has 0 radical (unpaired) electrons. The summed E-state index contributed by atoms with van der Waals surface area (Å²) in [4.78, 5) is 6.71. The molecule has 0 aliphatic carbocycles. The fourth-order valence-corrected chi connectivity index (χ4v) is 3.58. The molecule has 1 aliphatic rings. The maximum atomic E-state index is 4.43. The third-order valence-electron chi connectivity index (χ3n) is 2.41. The maximum absolute atomic E-state index is 4.43. The SMILES string of the molecule is CN(CCSC1=NCCS1)c1ccccc1. The lowest BCUT2D eigenvalue weighted by Crippen LogP contribution is -2.20. The van der Waals surface area contributed by atoms with Crippen LogP contribution in [0.25, 0.3) is 0 Å². The summed E-state index contributed by atoms with van der Waals surface area (Å²) < 4.78 is 1.27. The van der Waals surface area contributed by atoms with E-state index in [0.717, 1.165) is 24.6 Å². The molecule has 4 heteroatoms. The minimum absolute atomic E-state index is 1.00. The van der Waals surface area contributed by atoms with Gasteiger partial charge in [-0.15, -0.1) is 0 Å². The molecule has 0 atom stereocenters. The molecule has 0 fully saturated rings. The molecule has 2 nitrogen and oxygen atoms in total. The van der Waals surface area contributed by atoms with E-state index < -0.39 is 0 Å². The molecule has 0 aromatic heterocycles. The van der Waals surface area contributed by atoms with Crippen molar-refractivity contribution >= 4 is 33.6 Å². The predicted molar refractivity (Wildman–Crippen MR) is 76.9 cm³/mol. The van der Waals surface area contributed by atoms with Crippen molar-refractivity contribution in [2.45, 2.75) is 0 Å². The molecule has 1 aromatic carbocycles. The molecule has 1 aromatic rings. The van der Waals surface area contributed by atoms with Gasteiger partial charge in [-0.05, 0) is 12.1 Å². The van der Waals surface area contributed by atoms with Gasteiger partial charge in [-0.2, -0.15) is 0 Å². The van der Waals surface area contributed by atoms with Crippen LogP contribution in [-0.4, -0.2) is 36.0 Å². The van der Waals surface area contributed by atoms with Crippen LogP contribution in [0.5, 0.6) is 0 Å². The van der Waals surface area contributed by atoms with Crippen molar-refractivity contribution < 1.29 is 0 Å². The van der Waals surface area contributed by atoms with Crippen molar-refractivity contribution in [2.75, 3.05) is 36.5 Å². The van der Waals surface area contributed by atoms with Gasteiger partial charge in [0.1, 0.15) is 4.38 Å². The third-order valence-corrected chi connectivity index (χ3v) is 4.64. The predicted octanol–water partition coefficient (Wildman–Crippen LogP) is 2.96. The van der Waals surface area contributed by atoms with E-state index in [4.69, 9.17) is 0 Å². The first-order valence-electron chi connectivity index (χ1n) is 5.42. The molecule has 86 valence electrons. The molecule has 0 saturated heterocycles. The minimum atomic E-state index is 1.00. The van der Waals surface area contributed by atoms with Crippen LogP contribution in [0.15, 0.2) is 35.3 Å². The second-order valence-corrected chi connectivity index (χ2v) is 6.03. The topological polar surface area (TPSA) is 15.6 Å². The van der Waals surface area contributed by atoms with Gasteiger partial charge in [0.05, 0.1) is 6.54 Å². The summed E-state index contributed by atoms with van der Waals surface area (Å²) in [6.45, 7) is 2.07. The molecule has 1 aliphatic heterocycles. The van der Waals surface area contributed by atoms with Crippen LogP contribution < -0.4 is 4.90 Å². The van der Waals surface area contributed by atoms with Gasteiger partial charge >= 0.3 is 0 Å². The Morgan fingerprint density at radius 3 is 2.88 bits per heavy atom. The Morgan fingerprint density at radius 2 is 2.19 bits per heavy atom. The summed E-state index contributed by atoms with van der Waals surface area (Å²) in [6, 6.07) is 10.5. The largest absolute Gasteiger partial charge is 0.374 e. The quantitative estimate of drug-likeness (QED) is 0.819. The van der Waals surface area contributed by atoms with Crippen molar-refractivity contribution in [2.24, 2.45) is 4.99 Å². The molecule has 0 N–H and O–H groups in total. The van der Waals surface area contributed by atoms with E-state index in [0.29, 0.717) is 0 Å². The van der Waals surface area contributed by atoms with Crippen LogP contribution in [0.3, 0.4) is 0 Å². The fraction of sp³-hybridized carbons (Fsp3) is 0.417. The van der Waals surface area contributed by atoms with Crippen LogP contribution in [0.1, 0.15) is 0 Å². The highest BCUT2D eigenvalue weighted by atomic mass is 32.2. The van der Waals surface area contributed by atoms with Gasteiger partial charge in [-0.25, -0.2) is 0 Å². The highest BCUT2D eigenvalue weighted by Gasteiger charge is 2.07. The Labute approximate surface area is 106 Å². The summed E-state index contributed by atoms with van der Waals surface area (Å²) in [7, 11) is 2.14. The van der Waals surface area contributed by atoms with Crippen LogP contribution in [-0.2, 0) is 0 Å². The number of aliphatic imine (C=N–C) groups is 1. The number of hydrogen-bond acceptors (Lipinski definition) is 4. The molecular weight excluding hydrogens is 236 g/mol. The van der Waals surface area contributed by atoms with Crippen LogP contribution >= 0.6 is 23.5 Å². The molecule has 0 amide bonds. The normalized spacial score (nSPS) is 14.9. The molecule has 0 saturated carbocycles. The third kappa shape index (κ3) is 3.46. The Balaban J connectivity index is 1.73. The lowest BCUT2D eigenvalue weighted by Gasteiger charge is -2.18. The van der Waals surface area contributed by atoms with Gasteiger partial charge in [-0.1, -0.05) is 41.7 Å². The number of nitrogens with zero attached hydrogens (tertiary/aromatic N) is 2. The maximum Gasteiger partial charge on any atom is 0.124 e. The first-order chi connectivity index (χ1) is 7.86. The smallest absolute Gasteiger partial charge is 0.124 e. The number of benzene rings is 1. The standard InChI is InChI=1S/C12H16N2S2/c1-14(11-5-3-2-4-6-11)8-10-16-12-13-7-9-15-12/h2-6H,7-10H2,1H3. The van der Waals surface area contributed by atoms with Gasteiger partial charge < -0.3 is 4.90 Å². The summed E-state index contributed by atoms with van der Waals surface area (Å²) in [5, 5.41) is 0. The number of rotatable bonds is 4. The van der Waals surface area contributed by atoms with Crippen molar-refractivity contribution in [3.05, 3.63) is 30.3 Å². The summed E-state index contributed by atoms with van der Waals surface area (Å²) in [5.41, 5.74) is 1.28. The molecule has 0 bridgehead atoms. The second kappa shape index (κ2) is 6.21. The van der Waals surface area contributed by atoms with Crippen molar-refractivity contribution in [3.8, 4) is 0 Å². The molecular formula is C12H16N2S2. The van der Waals surface area contributed by atoms with Gasteiger partial charge in [0.2, 0.25) is 0 Å². The van der Waals surface area contributed by atoms with E-state index in [1.807, 2.05) is 23.5 Å². The van der Waals surface area contributed by atoms with E-state index in [-0.39, 0.29) is 0 Å². The van der Waals surface area contributed by atoms with E-state index in [1.54, 1.807) is 0 Å². The lowest BCUT2D eigenvalue weighted by atomic mass is 10.3. The zero-order chi connectivity index (χ0) is 11.2. The highest BCUT2D eigenvalue weighted by molar-refractivity contribution is 8.39. The minimum Gasteiger partial charge on any atom is -0.374 e. The summed E-state index contributed by atoms with van der Waals surface area (Å²) >= 11 is 3.76. The number of thioether (sulfide) groups is 2. The average Bonchev–Trinajstić information content (AvgIpc) is 2.83. The summed E-state index contributed by atoms with van der Waals surface area (Å²) in [6.07, 6.45) is 0. The molecule has 0 spiro atoms. The van der Waals surface area contributed by atoms with Crippen molar-refractivity contribution in [1.29, 1.82) is 0 Å². The molecule has 2 rings (SSSR count). The fourth-order valence-electron chi connectivity index (χ4n) is 1.48. The van der Waals surface area contributed by atoms with Gasteiger partial charge in [0.15, 0.2) is 0 Å². The molecule has 16 heavy (non-hydrogen) atoms. The van der Waals surface area contributed by atoms with Crippen molar-refractivity contribution in [1.82, 2.24) is 0 Å². The zero-order valence-electron chi connectivity index (χ0n) is 9.43. The van der Waals surface area contributed by atoms with Crippen LogP contribution in [0, 0.1) is 0 Å². The number of hydrogen-bond donors (Lipinski definition) is 0. The zero-order valence-corrected chi connectivity index (χ0v) is 11.1. The van der Waals surface area contributed by atoms with E-state index in [9.17, 15) is 0 Å². The van der Waals surface area contributed by atoms with Crippen molar-refractivity contribution in [3.63, 3.8) is 0 Å². The monoisotopic (exact) mass is 252 g/mol. The Morgan fingerprint density at radius 1 is 1.38 bits per heavy atom. The van der Waals surface area contributed by atoms with E-state index in [2.05, 4.69) is 47.3 Å². The van der Waals surface area contributed by atoms with Crippen LogP contribution in [0.2, 0.25) is 0 Å². The van der Waals surface area contributed by atoms with Gasteiger partial charge in [0, 0.05) is 30.8 Å². The molecule has 1 heterocycles. The number of para-hydroxylation sites is 1. The first kappa shape index (κ1) is 11.9. The Hall–Kier alpha value is -0.610. The average molecular weight is 252 g/mol. The Kier molecular flexibility index (Phi) is 4.60. The van der Waals surface area contributed by atoms with Gasteiger partial charge in [-0.3, -0.25) is 4.99 Å². The highest BCUT2D eigenvalue weighted by Crippen LogP contribution is 2.22. The Bertz CT molecular complexity index is 351. The van der Waals surface area contributed by atoms with E-state index >= 15 is 0 Å². The first-order valence-corrected chi connectivity index (χ1v) is 7.39. The number of anilines is 1. The summed E-state index contributed by atoms with van der Waals surface area (Å²) in [5.74, 6) is 2.27. The van der Waals surface area contributed by atoms with Crippen LogP contribution in [0.4, 0.5) is 5.69 Å². The lowest BCUT2D eigenvalue weighted by molar-refractivity contribution is 0.979. The van der Waals surface area contributed by atoms with Gasteiger partial charge in [0.25, 0.3) is 0 Å². The second-order valence-electron chi connectivity index (χ2n) is 3.60.